The number of methoxy groups -OCH3 is 1. The molecule has 0 unspecified atom stereocenters. The molecule has 26 heavy (non-hydrogen) atoms. The van der Waals surface area contributed by atoms with Crippen LogP contribution in [0.25, 0.3) is 17.0 Å². The number of imidazole rings is 1. The summed E-state index contributed by atoms with van der Waals surface area (Å²) in [4.78, 5) is 21.1. The summed E-state index contributed by atoms with van der Waals surface area (Å²) in [5.74, 6) is 1.07. The molecule has 0 saturated heterocycles. The van der Waals surface area contributed by atoms with Crippen molar-refractivity contribution in [2.45, 2.75) is 6.54 Å². The summed E-state index contributed by atoms with van der Waals surface area (Å²) in [7, 11) is 1.60. The standard InChI is InChI=1S/C18H16N6O2/c1-26-14-5-2-4-12(8-14)16-15(10-21-23-16)17(25)20-9-13-11-24-7-3-6-19-18(24)22-13/h2-8,10-11H,9H2,1H3,(H,20,25)(H,21,23). The second kappa shape index (κ2) is 6.67. The van der Waals surface area contributed by atoms with Crippen LogP contribution in [-0.2, 0) is 6.54 Å². The molecule has 0 spiro atoms. The Hall–Kier alpha value is -3.68. The first-order chi connectivity index (χ1) is 12.7. The number of nitrogens with one attached hydrogen (secondary N) is 2. The number of benzene rings is 1. The minimum absolute atomic E-state index is 0.235. The molecular formula is C18H16N6O2. The van der Waals surface area contributed by atoms with Crippen molar-refractivity contribution < 1.29 is 9.53 Å². The largest absolute Gasteiger partial charge is 0.497 e. The van der Waals surface area contributed by atoms with E-state index in [1.807, 2.05) is 42.7 Å². The smallest absolute Gasteiger partial charge is 0.255 e. The van der Waals surface area contributed by atoms with Crippen LogP contribution in [0.15, 0.2) is 55.1 Å². The summed E-state index contributed by atoms with van der Waals surface area (Å²) < 4.78 is 7.04. The van der Waals surface area contributed by atoms with Crippen LogP contribution in [0.3, 0.4) is 0 Å². The average molecular weight is 348 g/mol. The van der Waals surface area contributed by atoms with Gasteiger partial charge >= 0.3 is 0 Å². The Labute approximate surface area is 148 Å². The molecule has 0 radical (unpaired) electrons. The van der Waals surface area contributed by atoms with E-state index in [-0.39, 0.29) is 5.91 Å². The molecule has 0 aliphatic carbocycles. The Morgan fingerprint density at radius 2 is 2.27 bits per heavy atom. The molecule has 4 aromatic rings. The molecule has 8 nitrogen and oxygen atoms in total. The third kappa shape index (κ3) is 3.00. The van der Waals surface area contributed by atoms with Crippen molar-refractivity contribution in [3.05, 3.63) is 66.4 Å². The molecular weight excluding hydrogens is 332 g/mol. The highest BCUT2D eigenvalue weighted by molar-refractivity contribution is 5.99. The number of carbonyl (C=O) groups excluding carboxylic acids is 1. The number of H-pyrrole nitrogens is 1. The Kier molecular flexibility index (Phi) is 4.06. The van der Waals surface area contributed by atoms with E-state index in [9.17, 15) is 4.79 Å². The van der Waals surface area contributed by atoms with E-state index in [4.69, 9.17) is 4.74 Å². The lowest BCUT2D eigenvalue weighted by Crippen LogP contribution is -2.23. The molecule has 0 saturated carbocycles. The van der Waals surface area contributed by atoms with E-state index < -0.39 is 0 Å². The molecule has 0 aliphatic heterocycles. The van der Waals surface area contributed by atoms with Gasteiger partial charge in [0.1, 0.15) is 5.75 Å². The molecule has 2 N–H and O–H groups in total. The number of amides is 1. The third-order valence-corrected chi connectivity index (χ3v) is 3.96. The van der Waals surface area contributed by atoms with Gasteiger partial charge in [0, 0.05) is 24.2 Å². The summed E-state index contributed by atoms with van der Waals surface area (Å²) in [6.45, 7) is 0.297. The maximum Gasteiger partial charge on any atom is 0.255 e. The SMILES string of the molecule is COc1cccc(-c2[nH]ncc2C(=O)NCc2cn3cccnc3n2)c1. The van der Waals surface area contributed by atoms with E-state index in [0.29, 0.717) is 29.3 Å². The number of ether oxygens (including phenoxy) is 1. The maximum atomic E-state index is 12.6. The molecule has 130 valence electrons. The fourth-order valence-electron chi connectivity index (χ4n) is 2.69. The summed E-state index contributed by atoms with van der Waals surface area (Å²) in [5, 5.41) is 9.75. The van der Waals surface area contributed by atoms with Gasteiger partial charge in [-0.1, -0.05) is 12.1 Å². The third-order valence-electron chi connectivity index (χ3n) is 3.96. The fourth-order valence-corrected chi connectivity index (χ4v) is 2.69. The van der Waals surface area contributed by atoms with Crippen molar-refractivity contribution in [2.75, 3.05) is 7.11 Å². The van der Waals surface area contributed by atoms with Crippen molar-refractivity contribution in [3.8, 4) is 17.0 Å². The van der Waals surface area contributed by atoms with E-state index in [2.05, 4.69) is 25.5 Å². The number of aromatic amines is 1. The van der Waals surface area contributed by atoms with Gasteiger partial charge in [-0.25, -0.2) is 9.97 Å². The van der Waals surface area contributed by atoms with Crippen LogP contribution in [-0.4, -0.2) is 37.6 Å². The number of hydrogen-bond donors (Lipinski definition) is 2. The lowest BCUT2D eigenvalue weighted by molar-refractivity contribution is 0.0951. The number of rotatable bonds is 5. The lowest BCUT2D eigenvalue weighted by atomic mass is 10.1. The zero-order valence-electron chi connectivity index (χ0n) is 14.0. The highest BCUT2D eigenvalue weighted by atomic mass is 16.5. The number of carbonyl (C=O) groups is 1. The molecule has 4 rings (SSSR count). The quantitative estimate of drug-likeness (QED) is 0.575. The predicted molar refractivity (Wildman–Crippen MR) is 94.7 cm³/mol. The Morgan fingerprint density at radius 1 is 1.35 bits per heavy atom. The Morgan fingerprint density at radius 3 is 3.12 bits per heavy atom. The second-order valence-corrected chi connectivity index (χ2v) is 5.63. The van der Waals surface area contributed by atoms with Gasteiger partial charge in [0.2, 0.25) is 5.78 Å². The van der Waals surface area contributed by atoms with Gasteiger partial charge in [0.15, 0.2) is 0 Å². The van der Waals surface area contributed by atoms with Crippen LogP contribution in [0.4, 0.5) is 0 Å². The van der Waals surface area contributed by atoms with Crippen molar-refractivity contribution >= 4 is 11.7 Å². The fraction of sp³-hybridized carbons (Fsp3) is 0.111. The first-order valence-corrected chi connectivity index (χ1v) is 7.99. The van der Waals surface area contributed by atoms with Crippen molar-refractivity contribution in [1.82, 2.24) is 29.9 Å². The number of fused-ring (bicyclic) bond motifs is 1. The lowest BCUT2D eigenvalue weighted by Gasteiger charge is -2.06. The molecule has 0 fully saturated rings. The molecule has 1 amide bonds. The monoisotopic (exact) mass is 348 g/mol. The summed E-state index contributed by atoms with van der Waals surface area (Å²) in [6, 6.07) is 9.26. The van der Waals surface area contributed by atoms with Gasteiger partial charge in [-0.2, -0.15) is 5.10 Å². The summed E-state index contributed by atoms with van der Waals surface area (Å²) in [5.41, 5.74) is 2.64. The Balaban J connectivity index is 1.52. The van der Waals surface area contributed by atoms with Gasteiger partial charge in [-0.15, -0.1) is 0 Å². The minimum atomic E-state index is -0.235. The topological polar surface area (TPSA) is 97.2 Å². The molecule has 0 atom stereocenters. The van der Waals surface area contributed by atoms with Gasteiger partial charge in [0.05, 0.1) is 36.8 Å². The molecule has 0 aliphatic rings. The van der Waals surface area contributed by atoms with Crippen LogP contribution >= 0.6 is 0 Å². The van der Waals surface area contributed by atoms with Crippen LogP contribution in [0, 0.1) is 0 Å². The average Bonchev–Trinajstić information content (AvgIpc) is 3.32. The molecule has 8 heteroatoms. The van der Waals surface area contributed by atoms with E-state index in [1.54, 1.807) is 17.7 Å². The zero-order chi connectivity index (χ0) is 17.9. The first kappa shape index (κ1) is 15.8. The number of aromatic nitrogens is 5. The van der Waals surface area contributed by atoms with Crippen LogP contribution in [0.5, 0.6) is 5.75 Å². The predicted octanol–water partition coefficient (Wildman–Crippen LogP) is 2.06. The van der Waals surface area contributed by atoms with E-state index in [0.717, 1.165) is 11.3 Å². The van der Waals surface area contributed by atoms with Gasteiger partial charge in [-0.3, -0.25) is 14.3 Å². The molecule has 3 aromatic heterocycles. The molecule has 3 heterocycles. The first-order valence-electron chi connectivity index (χ1n) is 7.99. The molecule has 0 bridgehead atoms. The van der Waals surface area contributed by atoms with Gasteiger partial charge in [0.25, 0.3) is 5.91 Å². The van der Waals surface area contributed by atoms with E-state index in [1.165, 1.54) is 6.20 Å². The minimum Gasteiger partial charge on any atom is -0.497 e. The van der Waals surface area contributed by atoms with E-state index >= 15 is 0 Å². The second-order valence-electron chi connectivity index (χ2n) is 5.63. The highest BCUT2D eigenvalue weighted by Gasteiger charge is 2.16. The normalized spacial score (nSPS) is 10.8. The zero-order valence-corrected chi connectivity index (χ0v) is 14.0. The van der Waals surface area contributed by atoms with Crippen molar-refractivity contribution in [2.24, 2.45) is 0 Å². The number of hydrogen-bond acceptors (Lipinski definition) is 5. The summed E-state index contributed by atoms with van der Waals surface area (Å²) in [6.07, 6.45) is 6.88. The van der Waals surface area contributed by atoms with Crippen LogP contribution in [0.1, 0.15) is 16.1 Å². The van der Waals surface area contributed by atoms with Crippen LogP contribution < -0.4 is 10.1 Å². The maximum absolute atomic E-state index is 12.6. The van der Waals surface area contributed by atoms with Gasteiger partial charge < -0.3 is 10.1 Å². The van der Waals surface area contributed by atoms with Crippen molar-refractivity contribution in [1.29, 1.82) is 0 Å². The van der Waals surface area contributed by atoms with Gasteiger partial charge in [-0.05, 0) is 18.2 Å². The summed E-state index contributed by atoms with van der Waals surface area (Å²) >= 11 is 0. The van der Waals surface area contributed by atoms with Crippen LogP contribution in [0.2, 0.25) is 0 Å². The Bertz CT molecular complexity index is 1040. The van der Waals surface area contributed by atoms with Crippen molar-refractivity contribution in [3.63, 3.8) is 0 Å². The number of nitrogens with zero attached hydrogens (tertiary/aromatic N) is 4. The molecule has 1 aromatic carbocycles. The highest BCUT2D eigenvalue weighted by Crippen LogP contribution is 2.24.